The number of rotatable bonds is 5. The molecule has 1 aliphatic heterocycles. The average molecular weight is 287 g/mol. The number of nitrogens with zero attached hydrogens (tertiary/aromatic N) is 2. The molecule has 1 N–H and O–H groups in total. The molecule has 1 aliphatic rings. The quantitative estimate of drug-likeness (QED) is 0.916. The average Bonchev–Trinajstić information content (AvgIpc) is 2.98. The van der Waals surface area contributed by atoms with E-state index >= 15 is 0 Å². The van der Waals surface area contributed by atoms with Gasteiger partial charge in [0.05, 0.1) is 11.2 Å². The van der Waals surface area contributed by atoms with Crippen molar-refractivity contribution in [1.29, 1.82) is 0 Å². The van der Waals surface area contributed by atoms with Crippen LogP contribution in [-0.4, -0.2) is 42.6 Å². The Hall–Kier alpha value is -1.23. The van der Waals surface area contributed by atoms with Crippen molar-refractivity contribution in [3.8, 4) is 11.3 Å². The SMILES string of the molecule is c1ccc(-c2ncsc2CCCN2CCNCC2)cc1. The van der Waals surface area contributed by atoms with E-state index in [4.69, 9.17) is 0 Å². The molecule has 3 nitrogen and oxygen atoms in total. The number of aromatic nitrogens is 1. The fraction of sp³-hybridized carbons (Fsp3) is 0.438. The van der Waals surface area contributed by atoms with E-state index < -0.39 is 0 Å². The Bertz CT molecular complexity index is 518. The molecule has 0 amide bonds. The van der Waals surface area contributed by atoms with E-state index in [0.29, 0.717) is 0 Å². The van der Waals surface area contributed by atoms with E-state index in [2.05, 4.69) is 45.5 Å². The summed E-state index contributed by atoms with van der Waals surface area (Å²) in [7, 11) is 0. The molecule has 0 aliphatic carbocycles. The van der Waals surface area contributed by atoms with Gasteiger partial charge in [0, 0.05) is 36.6 Å². The predicted octanol–water partition coefficient (Wildman–Crippen LogP) is 2.65. The van der Waals surface area contributed by atoms with Gasteiger partial charge in [-0.25, -0.2) is 4.98 Å². The number of benzene rings is 1. The lowest BCUT2D eigenvalue weighted by Gasteiger charge is -2.26. The van der Waals surface area contributed by atoms with Gasteiger partial charge in [0.25, 0.3) is 0 Å². The van der Waals surface area contributed by atoms with Crippen LogP contribution in [0.4, 0.5) is 0 Å². The van der Waals surface area contributed by atoms with Crippen molar-refractivity contribution in [3.63, 3.8) is 0 Å². The summed E-state index contributed by atoms with van der Waals surface area (Å²) in [6.45, 7) is 5.85. The maximum atomic E-state index is 4.55. The molecular weight excluding hydrogens is 266 g/mol. The minimum absolute atomic E-state index is 1.13. The summed E-state index contributed by atoms with van der Waals surface area (Å²) in [6, 6.07) is 10.5. The first-order valence-electron chi connectivity index (χ1n) is 7.34. The first kappa shape index (κ1) is 13.7. The highest BCUT2D eigenvalue weighted by atomic mass is 32.1. The van der Waals surface area contributed by atoms with E-state index in [9.17, 15) is 0 Å². The molecule has 0 atom stereocenters. The Balaban J connectivity index is 1.57. The smallest absolute Gasteiger partial charge is 0.0843 e. The molecule has 106 valence electrons. The Labute approximate surface area is 124 Å². The molecule has 2 heterocycles. The lowest BCUT2D eigenvalue weighted by atomic mass is 10.1. The fourth-order valence-corrected chi connectivity index (χ4v) is 3.51. The number of nitrogens with one attached hydrogen (secondary N) is 1. The Morgan fingerprint density at radius 3 is 2.75 bits per heavy atom. The zero-order valence-electron chi connectivity index (χ0n) is 11.7. The van der Waals surface area contributed by atoms with E-state index in [1.54, 1.807) is 11.3 Å². The van der Waals surface area contributed by atoms with E-state index in [1.807, 2.05) is 5.51 Å². The van der Waals surface area contributed by atoms with Crippen LogP contribution in [0.1, 0.15) is 11.3 Å². The molecular formula is C16H21N3S. The minimum Gasteiger partial charge on any atom is -0.314 e. The lowest BCUT2D eigenvalue weighted by molar-refractivity contribution is 0.239. The Morgan fingerprint density at radius 1 is 1.15 bits per heavy atom. The highest BCUT2D eigenvalue weighted by Gasteiger charge is 2.11. The molecule has 1 saturated heterocycles. The molecule has 2 aromatic rings. The normalized spacial score (nSPS) is 16.4. The topological polar surface area (TPSA) is 28.2 Å². The molecule has 0 spiro atoms. The summed E-state index contributed by atoms with van der Waals surface area (Å²) < 4.78 is 0. The van der Waals surface area contributed by atoms with Crippen LogP contribution in [0.15, 0.2) is 35.8 Å². The molecule has 0 saturated carbocycles. The minimum atomic E-state index is 1.13. The summed E-state index contributed by atoms with van der Waals surface area (Å²) in [6.07, 6.45) is 2.36. The molecule has 1 aromatic heterocycles. The van der Waals surface area contributed by atoms with Crippen LogP contribution >= 0.6 is 11.3 Å². The summed E-state index contributed by atoms with van der Waals surface area (Å²) in [4.78, 5) is 8.52. The molecule has 1 aromatic carbocycles. The van der Waals surface area contributed by atoms with Crippen molar-refractivity contribution in [2.75, 3.05) is 32.7 Å². The van der Waals surface area contributed by atoms with Gasteiger partial charge in [-0.05, 0) is 19.4 Å². The summed E-state index contributed by atoms with van der Waals surface area (Å²) in [5.41, 5.74) is 4.39. The van der Waals surface area contributed by atoms with Crippen LogP contribution in [0.25, 0.3) is 11.3 Å². The fourth-order valence-electron chi connectivity index (χ4n) is 2.68. The van der Waals surface area contributed by atoms with Gasteiger partial charge >= 0.3 is 0 Å². The summed E-state index contributed by atoms with van der Waals surface area (Å²) in [5, 5.41) is 3.40. The number of hydrogen-bond acceptors (Lipinski definition) is 4. The van der Waals surface area contributed by atoms with Crippen molar-refractivity contribution in [3.05, 3.63) is 40.7 Å². The van der Waals surface area contributed by atoms with Gasteiger partial charge in [-0.15, -0.1) is 11.3 Å². The van der Waals surface area contributed by atoms with Gasteiger partial charge < -0.3 is 10.2 Å². The first-order chi connectivity index (χ1) is 9.93. The first-order valence-corrected chi connectivity index (χ1v) is 8.22. The van der Waals surface area contributed by atoms with Crippen molar-refractivity contribution in [2.45, 2.75) is 12.8 Å². The molecule has 3 rings (SSSR count). The van der Waals surface area contributed by atoms with Crippen molar-refractivity contribution < 1.29 is 0 Å². The van der Waals surface area contributed by atoms with Crippen molar-refractivity contribution >= 4 is 11.3 Å². The standard InChI is InChI=1S/C16H21N3S/c1-2-5-14(6-3-1)16-15(20-13-18-16)7-4-10-19-11-8-17-9-12-19/h1-3,5-6,13,17H,4,7-12H2. The van der Waals surface area contributed by atoms with E-state index in [-0.39, 0.29) is 0 Å². The molecule has 0 bridgehead atoms. The van der Waals surface area contributed by atoms with Crippen LogP contribution in [-0.2, 0) is 6.42 Å². The maximum Gasteiger partial charge on any atom is 0.0843 e. The second-order valence-electron chi connectivity index (χ2n) is 5.19. The molecule has 0 radical (unpaired) electrons. The van der Waals surface area contributed by atoms with E-state index in [1.165, 1.54) is 42.2 Å². The van der Waals surface area contributed by atoms with Crippen LogP contribution in [0.2, 0.25) is 0 Å². The van der Waals surface area contributed by atoms with Gasteiger partial charge in [0.15, 0.2) is 0 Å². The van der Waals surface area contributed by atoms with E-state index in [0.717, 1.165) is 19.5 Å². The third-order valence-electron chi connectivity index (χ3n) is 3.78. The second-order valence-corrected chi connectivity index (χ2v) is 6.12. The third kappa shape index (κ3) is 3.45. The van der Waals surface area contributed by atoms with Crippen LogP contribution in [0.5, 0.6) is 0 Å². The van der Waals surface area contributed by atoms with Gasteiger partial charge in [-0.1, -0.05) is 30.3 Å². The zero-order chi connectivity index (χ0) is 13.6. The van der Waals surface area contributed by atoms with Gasteiger partial charge in [0.1, 0.15) is 0 Å². The third-order valence-corrected chi connectivity index (χ3v) is 4.67. The Morgan fingerprint density at radius 2 is 1.95 bits per heavy atom. The second kappa shape index (κ2) is 6.97. The van der Waals surface area contributed by atoms with Crippen LogP contribution in [0.3, 0.4) is 0 Å². The van der Waals surface area contributed by atoms with Crippen molar-refractivity contribution in [1.82, 2.24) is 15.2 Å². The molecule has 4 heteroatoms. The summed E-state index contributed by atoms with van der Waals surface area (Å²) >= 11 is 1.79. The highest BCUT2D eigenvalue weighted by molar-refractivity contribution is 7.10. The molecule has 20 heavy (non-hydrogen) atoms. The van der Waals surface area contributed by atoms with Gasteiger partial charge in [-0.2, -0.15) is 0 Å². The highest BCUT2D eigenvalue weighted by Crippen LogP contribution is 2.26. The van der Waals surface area contributed by atoms with Crippen molar-refractivity contribution in [2.24, 2.45) is 0 Å². The van der Waals surface area contributed by atoms with Crippen LogP contribution in [0, 0.1) is 0 Å². The maximum absolute atomic E-state index is 4.55. The number of piperazine rings is 1. The lowest BCUT2D eigenvalue weighted by Crippen LogP contribution is -2.43. The zero-order valence-corrected chi connectivity index (χ0v) is 12.5. The largest absolute Gasteiger partial charge is 0.314 e. The summed E-state index contributed by atoms with van der Waals surface area (Å²) in [5.74, 6) is 0. The number of hydrogen-bond donors (Lipinski definition) is 1. The van der Waals surface area contributed by atoms with Gasteiger partial charge in [-0.3, -0.25) is 0 Å². The predicted molar refractivity (Wildman–Crippen MR) is 85.2 cm³/mol. The number of aryl methyl sites for hydroxylation is 1. The molecule has 0 unspecified atom stereocenters. The van der Waals surface area contributed by atoms with Gasteiger partial charge in [0.2, 0.25) is 0 Å². The Kier molecular flexibility index (Phi) is 4.79. The van der Waals surface area contributed by atoms with Crippen LogP contribution < -0.4 is 5.32 Å². The number of thiazole rings is 1. The monoisotopic (exact) mass is 287 g/mol. The molecule has 1 fully saturated rings.